The topological polar surface area (TPSA) is 59.5 Å². The maximum atomic E-state index is 13.1. The fourth-order valence-electron chi connectivity index (χ4n) is 2.37. The van der Waals surface area contributed by atoms with Crippen molar-refractivity contribution in [2.75, 3.05) is 7.11 Å². The van der Waals surface area contributed by atoms with Gasteiger partial charge in [-0.05, 0) is 47.9 Å². The van der Waals surface area contributed by atoms with E-state index in [4.69, 9.17) is 4.74 Å². The van der Waals surface area contributed by atoms with Crippen molar-refractivity contribution in [1.82, 2.24) is 9.29 Å². The Bertz CT molecular complexity index is 1040. The number of pyridine rings is 1. The van der Waals surface area contributed by atoms with Crippen LogP contribution < -0.4 is 4.74 Å². The second kappa shape index (κ2) is 8.39. The number of ether oxygens (including phenoxy) is 1. The molecule has 27 heavy (non-hydrogen) atoms. The zero-order valence-corrected chi connectivity index (χ0v) is 15.6. The van der Waals surface area contributed by atoms with Crippen molar-refractivity contribution in [3.05, 3.63) is 90.3 Å². The van der Waals surface area contributed by atoms with E-state index in [0.29, 0.717) is 11.4 Å². The molecular weight excluding hydrogens is 360 g/mol. The van der Waals surface area contributed by atoms with Gasteiger partial charge in [0.25, 0.3) is 10.0 Å². The van der Waals surface area contributed by atoms with Crippen LogP contribution in [0.5, 0.6) is 5.75 Å². The molecule has 5 nitrogen and oxygen atoms in total. The van der Waals surface area contributed by atoms with Crippen LogP contribution in [0.1, 0.15) is 11.3 Å². The maximum absolute atomic E-state index is 13.1. The molecule has 0 unspecified atom stereocenters. The molecular formula is C21H18N2O3S. The van der Waals surface area contributed by atoms with Gasteiger partial charge in [0.15, 0.2) is 0 Å². The third-order valence-electron chi connectivity index (χ3n) is 3.79. The zero-order chi connectivity index (χ0) is 19.1. The molecule has 0 aliphatic rings. The Hall–Kier alpha value is -3.30. The van der Waals surface area contributed by atoms with Gasteiger partial charge >= 0.3 is 0 Å². The largest absolute Gasteiger partial charge is 0.497 e. The predicted molar refractivity (Wildman–Crippen MR) is 103 cm³/mol. The minimum Gasteiger partial charge on any atom is -0.497 e. The Morgan fingerprint density at radius 2 is 1.67 bits per heavy atom. The minimum atomic E-state index is -3.82. The van der Waals surface area contributed by atoms with Crippen LogP contribution in [0, 0.1) is 12.0 Å². The number of rotatable bonds is 5. The van der Waals surface area contributed by atoms with Crippen molar-refractivity contribution in [3.63, 3.8) is 0 Å². The number of aromatic nitrogens is 1. The third kappa shape index (κ3) is 4.66. The number of methoxy groups -OCH3 is 1. The van der Waals surface area contributed by atoms with E-state index in [0.717, 1.165) is 9.87 Å². The lowest BCUT2D eigenvalue weighted by Crippen LogP contribution is -2.26. The molecule has 1 aromatic heterocycles. The molecule has 0 amide bonds. The summed E-state index contributed by atoms with van der Waals surface area (Å²) in [6.45, 7) is 0.134. The SMILES string of the molecule is COc1ccc(S(=O)(=O)N(C#Cc2ccccn2)Cc2ccccc2)cc1. The summed E-state index contributed by atoms with van der Waals surface area (Å²) in [5, 5.41) is 0. The Labute approximate surface area is 159 Å². The van der Waals surface area contributed by atoms with Crippen LogP contribution in [0.3, 0.4) is 0 Å². The molecule has 0 radical (unpaired) electrons. The van der Waals surface area contributed by atoms with Crippen LogP contribution in [0.15, 0.2) is 83.9 Å². The standard InChI is InChI=1S/C21H18N2O3S/c1-26-20-10-12-21(13-11-20)27(24,25)23(17-18-7-3-2-4-8-18)16-14-19-9-5-6-15-22-19/h2-13,15H,17H2,1H3. The van der Waals surface area contributed by atoms with Crippen LogP contribution in [0.2, 0.25) is 0 Å². The molecule has 3 rings (SSSR count). The van der Waals surface area contributed by atoms with Crippen molar-refractivity contribution >= 4 is 10.0 Å². The van der Waals surface area contributed by atoms with E-state index in [9.17, 15) is 8.42 Å². The fourth-order valence-corrected chi connectivity index (χ4v) is 3.58. The Kier molecular flexibility index (Phi) is 5.74. The van der Waals surface area contributed by atoms with Gasteiger partial charge in [0, 0.05) is 12.2 Å². The summed E-state index contributed by atoms with van der Waals surface area (Å²) in [4.78, 5) is 4.27. The highest BCUT2D eigenvalue weighted by Crippen LogP contribution is 2.20. The first-order valence-corrected chi connectivity index (χ1v) is 9.67. The molecule has 0 saturated carbocycles. The molecule has 136 valence electrons. The van der Waals surface area contributed by atoms with E-state index in [1.807, 2.05) is 30.3 Å². The fraction of sp³-hybridized carbons (Fsp3) is 0.0952. The highest BCUT2D eigenvalue weighted by Gasteiger charge is 2.22. The van der Waals surface area contributed by atoms with E-state index >= 15 is 0 Å². The van der Waals surface area contributed by atoms with Gasteiger partial charge in [0.05, 0.1) is 18.6 Å². The lowest BCUT2D eigenvalue weighted by Gasteiger charge is -2.18. The van der Waals surface area contributed by atoms with E-state index in [1.165, 1.54) is 19.2 Å². The third-order valence-corrected chi connectivity index (χ3v) is 5.46. The van der Waals surface area contributed by atoms with E-state index in [2.05, 4.69) is 16.9 Å². The molecule has 0 spiro atoms. The number of hydrogen-bond donors (Lipinski definition) is 0. The van der Waals surface area contributed by atoms with Gasteiger partial charge in [0.2, 0.25) is 0 Å². The van der Waals surface area contributed by atoms with Crippen molar-refractivity contribution in [1.29, 1.82) is 0 Å². The van der Waals surface area contributed by atoms with Gasteiger partial charge in [-0.25, -0.2) is 17.7 Å². The van der Waals surface area contributed by atoms with Crippen LogP contribution in [0.25, 0.3) is 0 Å². The van der Waals surface area contributed by atoms with Crippen LogP contribution in [0.4, 0.5) is 0 Å². The average molecular weight is 378 g/mol. The summed E-state index contributed by atoms with van der Waals surface area (Å²) >= 11 is 0. The van der Waals surface area contributed by atoms with Gasteiger partial charge in [-0.1, -0.05) is 36.4 Å². The first-order valence-electron chi connectivity index (χ1n) is 8.23. The number of hydrogen-bond acceptors (Lipinski definition) is 4. The molecule has 1 heterocycles. The van der Waals surface area contributed by atoms with E-state index in [-0.39, 0.29) is 11.4 Å². The zero-order valence-electron chi connectivity index (χ0n) is 14.7. The first-order chi connectivity index (χ1) is 13.1. The molecule has 2 aromatic carbocycles. The van der Waals surface area contributed by atoms with Crippen LogP contribution >= 0.6 is 0 Å². The smallest absolute Gasteiger partial charge is 0.271 e. The van der Waals surface area contributed by atoms with Crippen molar-refractivity contribution in [3.8, 4) is 17.7 Å². The van der Waals surface area contributed by atoms with Gasteiger partial charge in [0.1, 0.15) is 11.4 Å². The maximum Gasteiger partial charge on any atom is 0.271 e. The summed E-state index contributed by atoms with van der Waals surface area (Å²) < 4.78 is 32.5. The summed E-state index contributed by atoms with van der Waals surface area (Å²) in [5.41, 5.74) is 1.34. The lowest BCUT2D eigenvalue weighted by molar-refractivity contribution is 0.414. The first kappa shape index (κ1) is 18.5. The quantitative estimate of drug-likeness (QED) is 0.505. The average Bonchev–Trinajstić information content (AvgIpc) is 2.72. The molecule has 0 N–H and O–H groups in total. The van der Waals surface area contributed by atoms with Gasteiger partial charge in [-0.3, -0.25) is 0 Å². The molecule has 3 aromatic rings. The molecule has 0 fully saturated rings. The Morgan fingerprint density at radius 1 is 0.963 bits per heavy atom. The highest BCUT2D eigenvalue weighted by atomic mass is 32.2. The number of sulfonamides is 1. The van der Waals surface area contributed by atoms with Crippen molar-refractivity contribution < 1.29 is 13.2 Å². The van der Waals surface area contributed by atoms with Crippen LogP contribution in [-0.4, -0.2) is 24.8 Å². The molecule has 0 saturated heterocycles. The van der Waals surface area contributed by atoms with Gasteiger partial charge in [-0.2, -0.15) is 0 Å². The molecule has 0 atom stereocenters. The second-order valence-electron chi connectivity index (χ2n) is 5.62. The molecule has 0 aliphatic carbocycles. The number of nitrogens with zero attached hydrogens (tertiary/aromatic N) is 2. The Morgan fingerprint density at radius 3 is 2.30 bits per heavy atom. The normalized spacial score (nSPS) is 10.6. The van der Waals surface area contributed by atoms with E-state index in [1.54, 1.807) is 36.5 Å². The van der Waals surface area contributed by atoms with Gasteiger partial charge in [-0.15, -0.1) is 0 Å². The summed E-state index contributed by atoms with van der Waals surface area (Å²) in [6, 6.07) is 23.6. The monoisotopic (exact) mass is 378 g/mol. The highest BCUT2D eigenvalue weighted by molar-refractivity contribution is 7.89. The van der Waals surface area contributed by atoms with Gasteiger partial charge < -0.3 is 4.74 Å². The summed E-state index contributed by atoms with van der Waals surface area (Å²) in [6.07, 6.45) is 1.61. The summed E-state index contributed by atoms with van der Waals surface area (Å²) in [7, 11) is -2.29. The van der Waals surface area contributed by atoms with Crippen molar-refractivity contribution in [2.24, 2.45) is 0 Å². The number of benzene rings is 2. The molecule has 0 bridgehead atoms. The van der Waals surface area contributed by atoms with Crippen LogP contribution in [-0.2, 0) is 16.6 Å². The second-order valence-corrected chi connectivity index (χ2v) is 7.49. The Balaban J connectivity index is 1.98. The van der Waals surface area contributed by atoms with Crippen molar-refractivity contribution in [2.45, 2.75) is 11.4 Å². The summed E-state index contributed by atoms with van der Waals surface area (Å²) in [5.74, 6) is 3.41. The molecule has 0 aliphatic heterocycles. The molecule has 6 heteroatoms. The lowest BCUT2D eigenvalue weighted by atomic mass is 10.2. The predicted octanol–water partition coefficient (Wildman–Crippen LogP) is 3.29. The minimum absolute atomic E-state index is 0.134. The van der Waals surface area contributed by atoms with E-state index < -0.39 is 10.0 Å².